The molecule has 0 unspecified atom stereocenters. The van der Waals surface area contributed by atoms with Crippen molar-refractivity contribution in [3.63, 3.8) is 0 Å². The highest BCUT2D eigenvalue weighted by Gasteiger charge is 2.21. The van der Waals surface area contributed by atoms with Crippen LogP contribution in [0.25, 0.3) is 11.1 Å². The monoisotopic (exact) mass is 384 g/mol. The molecular formula is C27H41F. The van der Waals surface area contributed by atoms with E-state index >= 15 is 0 Å². The van der Waals surface area contributed by atoms with Gasteiger partial charge in [0.1, 0.15) is 5.82 Å². The number of rotatable bonds is 3. The molecular weight excluding hydrogens is 343 g/mol. The van der Waals surface area contributed by atoms with Crippen LogP contribution < -0.4 is 0 Å². The van der Waals surface area contributed by atoms with E-state index in [2.05, 4.69) is 37.3 Å². The first kappa shape index (κ1) is 21.1. The van der Waals surface area contributed by atoms with Crippen molar-refractivity contribution in [3.05, 3.63) is 59.4 Å². The summed E-state index contributed by atoms with van der Waals surface area (Å²) < 4.78 is 14.8. The van der Waals surface area contributed by atoms with Crippen LogP contribution in [0.15, 0.2) is 42.5 Å². The van der Waals surface area contributed by atoms with E-state index in [1.807, 2.05) is 19.9 Å². The lowest BCUT2D eigenvalue weighted by molar-refractivity contribution is 0.347. The van der Waals surface area contributed by atoms with Gasteiger partial charge in [-0.15, -0.1) is 0 Å². The van der Waals surface area contributed by atoms with Crippen molar-refractivity contribution in [2.24, 2.45) is 5.92 Å². The Kier molecular flexibility index (Phi) is 7.71. The van der Waals surface area contributed by atoms with E-state index in [4.69, 9.17) is 0 Å². The SMILES string of the molecule is CC.CC1CCC(c2ccc(-c3ccc(C4CCCCC4)cc3)c(F)c2)CC1.[HH].[HH]. The second-order valence-corrected chi connectivity index (χ2v) is 8.65. The van der Waals surface area contributed by atoms with Crippen LogP contribution in [-0.2, 0) is 0 Å². The van der Waals surface area contributed by atoms with Gasteiger partial charge < -0.3 is 0 Å². The second-order valence-electron chi connectivity index (χ2n) is 8.65. The van der Waals surface area contributed by atoms with Crippen molar-refractivity contribution < 1.29 is 7.24 Å². The summed E-state index contributed by atoms with van der Waals surface area (Å²) in [5.41, 5.74) is 4.37. The molecule has 2 aromatic rings. The van der Waals surface area contributed by atoms with Crippen molar-refractivity contribution in [1.82, 2.24) is 0 Å². The molecule has 2 aliphatic rings. The molecule has 0 N–H and O–H groups in total. The van der Waals surface area contributed by atoms with E-state index in [9.17, 15) is 4.39 Å². The van der Waals surface area contributed by atoms with E-state index in [1.54, 1.807) is 6.07 Å². The Morgan fingerprint density at radius 2 is 1.29 bits per heavy atom. The molecule has 0 nitrogen and oxygen atoms in total. The molecule has 0 aromatic heterocycles. The summed E-state index contributed by atoms with van der Waals surface area (Å²) in [4.78, 5) is 0. The molecule has 2 aromatic carbocycles. The quantitative estimate of drug-likeness (QED) is 0.494. The maximum Gasteiger partial charge on any atom is 0.131 e. The van der Waals surface area contributed by atoms with Gasteiger partial charge in [0, 0.05) is 8.42 Å². The summed E-state index contributed by atoms with van der Waals surface area (Å²) >= 11 is 0. The summed E-state index contributed by atoms with van der Waals surface area (Å²) in [6.45, 7) is 6.33. The molecule has 0 heterocycles. The number of hydrogen-bond donors (Lipinski definition) is 0. The highest BCUT2D eigenvalue weighted by molar-refractivity contribution is 5.65. The molecule has 1 heteroatoms. The number of hydrogen-bond acceptors (Lipinski definition) is 0. The van der Waals surface area contributed by atoms with Crippen LogP contribution in [0.1, 0.15) is 104 Å². The van der Waals surface area contributed by atoms with Gasteiger partial charge in [-0.1, -0.05) is 89.3 Å². The van der Waals surface area contributed by atoms with Crippen molar-refractivity contribution in [3.8, 4) is 11.1 Å². The lowest BCUT2D eigenvalue weighted by Gasteiger charge is -2.26. The first-order valence-electron chi connectivity index (χ1n) is 11.6. The van der Waals surface area contributed by atoms with Gasteiger partial charge >= 0.3 is 0 Å². The zero-order chi connectivity index (χ0) is 19.9. The van der Waals surface area contributed by atoms with Gasteiger partial charge in [-0.05, 0) is 66.2 Å². The van der Waals surface area contributed by atoms with Crippen LogP contribution in [0.2, 0.25) is 0 Å². The fraction of sp³-hybridized carbons (Fsp3) is 0.556. The van der Waals surface area contributed by atoms with Gasteiger partial charge in [-0.3, -0.25) is 0 Å². The molecule has 0 saturated heterocycles. The van der Waals surface area contributed by atoms with Gasteiger partial charge in [0.15, 0.2) is 0 Å². The standard InChI is InChI=1S/C25H31F.C2H6.2H2/c1-18-7-9-21(10-8-18)23-15-16-24(25(26)17-23)22-13-11-20(12-14-22)19-5-3-2-4-6-19;1-2;;/h11-19,21H,2-10H2,1H3;1-2H3;2*1H. The van der Waals surface area contributed by atoms with Gasteiger partial charge in [0.25, 0.3) is 0 Å². The largest absolute Gasteiger partial charge is 0.206 e. The minimum atomic E-state index is -0.0634. The zero-order valence-corrected chi connectivity index (χ0v) is 18.0. The van der Waals surface area contributed by atoms with Crippen LogP contribution in [0.3, 0.4) is 0 Å². The van der Waals surface area contributed by atoms with Gasteiger partial charge in [0.05, 0.1) is 0 Å². The maximum absolute atomic E-state index is 14.8. The minimum Gasteiger partial charge on any atom is -0.206 e. The Morgan fingerprint density at radius 1 is 0.714 bits per heavy atom. The normalized spacial score (nSPS) is 23.0. The number of benzene rings is 2. The lowest BCUT2D eigenvalue weighted by Crippen LogP contribution is -2.11. The van der Waals surface area contributed by atoms with Crippen LogP contribution in [0.4, 0.5) is 4.39 Å². The van der Waals surface area contributed by atoms with Crippen molar-refractivity contribution in [2.45, 2.75) is 90.4 Å². The predicted octanol–water partition coefficient (Wildman–Crippen LogP) is 9.35. The molecule has 0 radical (unpaired) electrons. The fourth-order valence-corrected chi connectivity index (χ4v) is 4.98. The third-order valence-electron chi connectivity index (χ3n) is 6.78. The van der Waals surface area contributed by atoms with Crippen molar-refractivity contribution in [1.29, 1.82) is 0 Å². The Hall–Kier alpha value is -1.63. The highest BCUT2D eigenvalue weighted by atomic mass is 19.1. The van der Waals surface area contributed by atoms with Crippen LogP contribution >= 0.6 is 0 Å². The third kappa shape index (κ3) is 5.04. The molecule has 156 valence electrons. The molecule has 28 heavy (non-hydrogen) atoms. The molecule has 2 saturated carbocycles. The average Bonchev–Trinajstić information content (AvgIpc) is 2.76. The molecule has 0 aliphatic heterocycles. The van der Waals surface area contributed by atoms with Crippen LogP contribution in [-0.4, -0.2) is 0 Å². The van der Waals surface area contributed by atoms with Crippen LogP contribution in [0.5, 0.6) is 0 Å². The molecule has 2 fully saturated rings. The molecule has 0 spiro atoms. The van der Waals surface area contributed by atoms with Gasteiger partial charge in [0.2, 0.25) is 0 Å². The summed E-state index contributed by atoms with van der Waals surface area (Å²) in [6, 6.07) is 14.6. The van der Waals surface area contributed by atoms with Gasteiger partial charge in [-0.25, -0.2) is 4.39 Å². The molecule has 0 atom stereocenters. The van der Waals surface area contributed by atoms with Gasteiger partial charge in [-0.2, -0.15) is 0 Å². The van der Waals surface area contributed by atoms with E-state index in [0.29, 0.717) is 11.8 Å². The Morgan fingerprint density at radius 3 is 1.89 bits per heavy atom. The maximum atomic E-state index is 14.8. The molecule has 4 rings (SSSR count). The Balaban J connectivity index is 0.00000109. The Labute approximate surface area is 174 Å². The zero-order valence-electron chi connectivity index (χ0n) is 18.0. The van der Waals surface area contributed by atoms with Crippen molar-refractivity contribution in [2.75, 3.05) is 0 Å². The molecule has 2 aliphatic carbocycles. The predicted molar refractivity (Wildman–Crippen MR) is 124 cm³/mol. The summed E-state index contributed by atoms with van der Waals surface area (Å²) in [7, 11) is 0. The summed E-state index contributed by atoms with van der Waals surface area (Å²) in [5, 5.41) is 0. The second kappa shape index (κ2) is 10.2. The van der Waals surface area contributed by atoms with E-state index in [0.717, 1.165) is 17.0 Å². The first-order chi connectivity index (χ1) is 13.7. The Bertz CT molecular complexity index is 727. The topological polar surface area (TPSA) is 0 Å². The van der Waals surface area contributed by atoms with Crippen LogP contribution in [0, 0.1) is 11.7 Å². The highest BCUT2D eigenvalue weighted by Crippen LogP contribution is 2.37. The van der Waals surface area contributed by atoms with E-state index < -0.39 is 0 Å². The molecule has 0 bridgehead atoms. The van der Waals surface area contributed by atoms with E-state index in [1.165, 1.54) is 68.9 Å². The number of halogens is 1. The van der Waals surface area contributed by atoms with E-state index in [-0.39, 0.29) is 8.67 Å². The molecule has 0 amide bonds. The third-order valence-corrected chi connectivity index (χ3v) is 6.78. The fourth-order valence-electron chi connectivity index (χ4n) is 4.98. The summed E-state index contributed by atoms with van der Waals surface area (Å²) in [5.74, 6) is 2.02. The minimum absolute atomic E-state index is 0. The summed E-state index contributed by atoms with van der Waals surface area (Å²) in [6.07, 6.45) is 11.7. The first-order valence-corrected chi connectivity index (χ1v) is 11.6. The lowest BCUT2D eigenvalue weighted by atomic mass is 9.79. The average molecular weight is 385 g/mol. The van der Waals surface area contributed by atoms with Crippen molar-refractivity contribution >= 4 is 0 Å². The smallest absolute Gasteiger partial charge is 0.131 e.